The Hall–Kier alpha value is -1.72. The van der Waals surface area contributed by atoms with Crippen LogP contribution in [0.4, 0.5) is 17.6 Å². The predicted octanol–water partition coefficient (Wildman–Crippen LogP) is 7.08. The number of benzene rings is 1. The van der Waals surface area contributed by atoms with Gasteiger partial charge in [-0.2, -0.15) is 13.2 Å². The van der Waals surface area contributed by atoms with Gasteiger partial charge >= 0.3 is 6.18 Å². The van der Waals surface area contributed by atoms with Gasteiger partial charge in [-0.15, -0.1) is 0 Å². The van der Waals surface area contributed by atoms with Gasteiger partial charge in [0.05, 0.1) is 17.8 Å². The molecule has 3 N–H and O–H groups in total. The lowest BCUT2D eigenvalue weighted by Crippen LogP contribution is -2.51. The number of hydrogen-bond donors (Lipinski definition) is 3. The summed E-state index contributed by atoms with van der Waals surface area (Å²) in [6.45, 7) is 8.88. The summed E-state index contributed by atoms with van der Waals surface area (Å²) in [4.78, 5) is 11.2. The van der Waals surface area contributed by atoms with Gasteiger partial charge in [-0.05, 0) is 122 Å². The van der Waals surface area contributed by atoms with Crippen LogP contribution in [-0.4, -0.2) is 36.7 Å². The van der Waals surface area contributed by atoms with Crippen molar-refractivity contribution in [3.8, 4) is 0 Å². The first-order valence-corrected chi connectivity index (χ1v) is 18.2. The first kappa shape index (κ1) is 34.6. The maximum Gasteiger partial charge on any atom is 0.417 e. The van der Waals surface area contributed by atoms with E-state index >= 15 is 0 Å². The molecular weight excluding hydrogens is 610 g/mol. The second kappa shape index (κ2) is 12.4. The number of halogens is 4. The van der Waals surface area contributed by atoms with E-state index in [1.165, 1.54) is 0 Å². The van der Waals surface area contributed by atoms with Crippen molar-refractivity contribution in [2.24, 2.45) is 52.3 Å². The molecule has 11 atom stereocenters. The molecule has 1 aromatic rings. The third-order valence-corrected chi connectivity index (χ3v) is 14.3. The topological polar surface area (TPSA) is 104 Å². The van der Waals surface area contributed by atoms with Gasteiger partial charge in [0.1, 0.15) is 10.7 Å². The number of rotatable bonds is 7. The van der Waals surface area contributed by atoms with E-state index in [-0.39, 0.29) is 47.0 Å². The molecule has 0 aliphatic heterocycles. The lowest BCUT2D eigenvalue weighted by atomic mass is 9.50. The molecule has 3 unspecified atom stereocenters. The minimum atomic E-state index is -5.12. The van der Waals surface area contributed by atoms with E-state index in [1.54, 1.807) is 4.72 Å². The fourth-order valence-corrected chi connectivity index (χ4v) is 12.1. The normalized spacial score (nSPS) is 39.2. The highest BCUT2D eigenvalue weighted by Crippen LogP contribution is 2.67. The Morgan fingerprint density at radius 3 is 2.47 bits per heavy atom. The fraction of sp³-hybridized carbons (Fsp3) is 0.794. The van der Waals surface area contributed by atoms with Crippen LogP contribution in [0.15, 0.2) is 23.1 Å². The molecule has 1 amide bonds. The standard InChI is InChI=1S/C34H49F4NO5S/c1-5-22-20-17-21(40)13-15-32(3,18-20)24-14-16-33(4)23(10-11-25(33)29(24)30(22)42)19(2)9-12-28(41)39-45(43,44)31-26(34(36,37)38)7-6-8-27(31)35/h6-8,19-25,29-30,40,42H,5,9-18H2,1-4H3,(H,39,41)/t19-,20+,21-,22-,23-,24?,25?,29?,30-,32+,33-/m1/s1. The van der Waals surface area contributed by atoms with Crippen molar-refractivity contribution in [3.05, 3.63) is 29.6 Å². The van der Waals surface area contributed by atoms with Crippen molar-refractivity contribution in [2.75, 3.05) is 0 Å². The van der Waals surface area contributed by atoms with Crippen molar-refractivity contribution < 1.29 is 41.0 Å². The summed E-state index contributed by atoms with van der Waals surface area (Å²) < 4.78 is 81.8. The monoisotopic (exact) mass is 659 g/mol. The number of hydrogen-bond acceptors (Lipinski definition) is 5. The molecule has 0 aromatic heterocycles. The maximum atomic E-state index is 14.3. The number of fused-ring (bicyclic) bond motifs is 6. The number of alkyl halides is 3. The minimum absolute atomic E-state index is 0.0299. The second-order valence-corrected chi connectivity index (χ2v) is 16.9. The van der Waals surface area contributed by atoms with Gasteiger partial charge in [-0.3, -0.25) is 4.79 Å². The largest absolute Gasteiger partial charge is 0.417 e. The van der Waals surface area contributed by atoms with E-state index in [0.717, 1.165) is 63.9 Å². The molecule has 1 aromatic carbocycles. The van der Waals surface area contributed by atoms with Crippen LogP contribution >= 0.6 is 0 Å². The van der Waals surface area contributed by atoms with E-state index in [9.17, 15) is 41.0 Å². The molecule has 5 rings (SSSR count). The first-order valence-electron chi connectivity index (χ1n) is 16.7. The molecule has 45 heavy (non-hydrogen) atoms. The van der Waals surface area contributed by atoms with Gasteiger partial charge in [0.15, 0.2) is 0 Å². The van der Waals surface area contributed by atoms with Gasteiger partial charge < -0.3 is 10.2 Å². The number of carbonyl (C=O) groups excluding carboxylic acids is 1. The van der Waals surface area contributed by atoms with E-state index in [2.05, 4.69) is 20.8 Å². The van der Waals surface area contributed by atoms with Crippen molar-refractivity contribution in [1.29, 1.82) is 0 Å². The Balaban J connectivity index is 1.30. The maximum absolute atomic E-state index is 14.3. The number of nitrogens with one attached hydrogen (secondary N) is 1. The summed E-state index contributed by atoms with van der Waals surface area (Å²) >= 11 is 0. The molecule has 6 nitrogen and oxygen atoms in total. The number of aliphatic hydroxyl groups is 2. The van der Waals surface area contributed by atoms with E-state index in [0.29, 0.717) is 36.3 Å². The molecule has 2 bridgehead atoms. The van der Waals surface area contributed by atoms with Crippen LogP contribution in [-0.2, 0) is 21.0 Å². The number of carbonyl (C=O) groups is 1. The Morgan fingerprint density at radius 2 is 1.80 bits per heavy atom. The highest BCUT2D eigenvalue weighted by molar-refractivity contribution is 7.90. The third-order valence-electron chi connectivity index (χ3n) is 12.9. The molecule has 254 valence electrons. The summed E-state index contributed by atoms with van der Waals surface area (Å²) in [5.41, 5.74) is -1.66. The molecule has 4 saturated carbocycles. The molecule has 4 aliphatic carbocycles. The average Bonchev–Trinajstić information content (AvgIpc) is 3.17. The van der Waals surface area contributed by atoms with Gasteiger partial charge in [0.2, 0.25) is 5.91 Å². The van der Waals surface area contributed by atoms with Gasteiger partial charge in [0.25, 0.3) is 10.0 Å². The predicted molar refractivity (Wildman–Crippen MR) is 162 cm³/mol. The number of aliphatic hydroxyl groups excluding tert-OH is 2. The molecule has 0 spiro atoms. The number of sulfonamides is 1. The Morgan fingerprint density at radius 1 is 1.09 bits per heavy atom. The van der Waals surface area contributed by atoms with E-state index in [4.69, 9.17) is 0 Å². The van der Waals surface area contributed by atoms with Crippen LogP contribution in [0, 0.1) is 58.1 Å². The van der Waals surface area contributed by atoms with Gasteiger partial charge in [0, 0.05) is 6.42 Å². The highest BCUT2D eigenvalue weighted by Gasteiger charge is 2.62. The van der Waals surface area contributed by atoms with Crippen molar-refractivity contribution >= 4 is 15.9 Å². The summed E-state index contributed by atoms with van der Waals surface area (Å²) in [5.74, 6) is -0.986. The summed E-state index contributed by atoms with van der Waals surface area (Å²) in [5, 5.41) is 22.7. The molecule has 11 heteroatoms. The lowest BCUT2D eigenvalue weighted by Gasteiger charge is -2.55. The van der Waals surface area contributed by atoms with Crippen LogP contribution in [0.3, 0.4) is 0 Å². The molecule has 4 fully saturated rings. The van der Waals surface area contributed by atoms with E-state index < -0.39 is 44.5 Å². The Labute approximate surface area is 264 Å². The third kappa shape index (κ3) is 6.31. The molecular formula is C34H49F4NO5S. The molecule has 0 heterocycles. The molecule has 0 radical (unpaired) electrons. The zero-order chi connectivity index (χ0) is 33.1. The zero-order valence-corrected chi connectivity index (χ0v) is 27.6. The summed E-state index contributed by atoms with van der Waals surface area (Å²) in [6, 6.07) is 1.87. The van der Waals surface area contributed by atoms with Crippen molar-refractivity contribution in [1.82, 2.24) is 4.72 Å². The second-order valence-electron chi connectivity index (χ2n) is 15.3. The molecule has 4 aliphatic rings. The van der Waals surface area contributed by atoms with Crippen molar-refractivity contribution in [3.63, 3.8) is 0 Å². The fourth-order valence-electron chi connectivity index (χ4n) is 10.8. The Bertz CT molecular complexity index is 1370. The van der Waals surface area contributed by atoms with Gasteiger partial charge in [-0.25, -0.2) is 17.5 Å². The van der Waals surface area contributed by atoms with Crippen LogP contribution in [0.5, 0.6) is 0 Å². The van der Waals surface area contributed by atoms with Crippen LogP contribution in [0.2, 0.25) is 0 Å². The summed E-state index contributed by atoms with van der Waals surface area (Å²) in [6.07, 6.45) is 2.57. The summed E-state index contributed by atoms with van der Waals surface area (Å²) in [7, 11) is -5.09. The number of amides is 1. The van der Waals surface area contributed by atoms with Gasteiger partial charge in [-0.1, -0.05) is 40.2 Å². The zero-order valence-electron chi connectivity index (χ0n) is 26.7. The van der Waals surface area contributed by atoms with E-state index in [1.807, 2.05) is 6.92 Å². The minimum Gasteiger partial charge on any atom is -0.393 e. The smallest absolute Gasteiger partial charge is 0.393 e. The molecule has 0 saturated heterocycles. The highest BCUT2D eigenvalue weighted by atomic mass is 32.2. The van der Waals surface area contributed by atoms with Crippen LogP contribution in [0.25, 0.3) is 0 Å². The first-order chi connectivity index (χ1) is 20.9. The van der Waals surface area contributed by atoms with Crippen LogP contribution in [0.1, 0.15) is 104 Å². The van der Waals surface area contributed by atoms with Crippen LogP contribution < -0.4 is 4.72 Å². The lowest BCUT2D eigenvalue weighted by molar-refractivity contribution is -0.140. The van der Waals surface area contributed by atoms with Crippen molar-refractivity contribution in [2.45, 2.75) is 122 Å². The SMILES string of the molecule is CC[C@@H]1[C@H]2C[C@H](O)CC[C@@](C)(C2)C2CC[C@@]3(C)C(CC[C@@H]3[C@H](C)CCC(=O)NS(=O)(=O)c3c(F)cccc3C(F)(F)F)C2[C@@H]1O. The Kier molecular flexibility index (Phi) is 9.52. The quantitative estimate of drug-likeness (QED) is 0.272. The average molecular weight is 660 g/mol.